The van der Waals surface area contributed by atoms with Crippen LogP contribution in [0.3, 0.4) is 0 Å². The Balaban J connectivity index is 0.000000605. The van der Waals surface area contributed by atoms with E-state index in [4.69, 9.17) is 5.26 Å². The molecule has 1 N–H and O–H groups in total. The zero-order chi connectivity index (χ0) is 7.03. The van der Waals surface area contributed by atoms with Crippen LogP contribution < -0.4 is 5.32 Å². The maximum absolute atomic E-state index is 8.56. The van der Waals surface area contributed by atoms with Crippen LogP contribution >= 0.6 is 12.4 Å². The van der Waals surface area contributed by atoms with E-state index in [1.807, 2.05) is 0 Å². The number of nitrogens with one attached hydrogen (secondary N) is 1. The molecule has 0 aromatic rings. The van der Waals surface area contributed by atoms with Gasteiger partial charge in [0.25, 0.3) is 0 Å². The summed E-state index contributed by atoms with van der Waals surface area (Å²) in [5, 5.41) is 11.9. The van der Waals surface area contributed by atoms with Gasteiger partial charge in [-0.3, -0.25) is 0 Å². The minimum Gasteiger partial charge on any atom is -0.316 e. The molecule has 1 spiro atoms. The lowest BCUT2D eigenvalue weighted by Gasteiger charge is -2.41. The van der Waals surface area contributed by atoms with Crippen molar-refractivity contribution in [2.75, 3.05) is 13.1 Å². The molecule has 0 aromatic carbocycles. The molecule has 11 heavy (non-hydrogen) atoms. The maximum atomic E-state index is 8.56. The summed E-state index contributed by atoms with van der Waals surface area (Å²) in [6.07, 6.45) is 3.60. The largest absolute Gasteiger partial charge is 0.316 e. The average molecular weight is 173 g/mol. The first-order valence-electron chi connectivity index (χ1n) is 3.95. The molecule has 0 aromatic heterocycles. The van der Waals surface area contributed by atoms with Crippen molar-refractivity contribution in [3.05, 3.63) is 0 Å². The van der Waals surface area contributed by atoms with Crippen LogP contribution in [-0.4, -0.2) is 13.1 Å². The lowest BCUT2D eigenvalue weighted by molar-refractivity contribution is 0.113. The van der Waals surface area contributed by atoms with E-state index in [1.54, 1.807) is 0 Å². The Morgan fingerprint density at radius 1 is 1.45 bits per heavy atom. The fraction of sp³-hybridized carbons (Fsp3) is 0.875. The zero-order valence-corrected chi connectivity index (χ0v) is 7.28. The fourth-order valence-electron chi connectivity index (χ4n) is 2.22. The van der Waals surface area contributed by atoms with Gasteiger partial charge in [0.2, 0.25) is 0 Å². The van der Waals surface area contributed by atoms with Gasteiger partial charge in [0.1, 0.15) is 0 Å². The quantitative estimate of drug-likeness (QED) is 0.599. The lowest BCUT2D eigenvalue weighted by Crippen LogP contribution is -2.38. The van der Waals surface area contributed by atoms with Gasteiger partial charge >= 0.3 is 0 Å². The Kier molecular flexibility index (Phi) is 2.41. The van der Waals surface area contributed by atoms with E-state index < -0.39 is 0 Å². The number of hydrogen-bond donors (Lipinski definition) is 1. The van der Waals surface area contributed by atoms with Crippen molar-refractivity contribution in [1.82, 2.24) is 5.32 Å². The molecule has 1 saturated carbocycles. The average Bonchev–Trinajstić information content (AvgIpc) is 2.30. The van der Waals surface area contributed by atoms with Crippen molar-refractivity contribution in [2.24, 2.45) is 11.3 Å². The molecule has 0 radical (unpaired) electrons. The molecule has 2 rings (SSSR count). The second-order valence-corrected chi connectivity index (χ2v) is 3.66. The highest BCUT2D eigenvalue weighted by Crippen LogP contribution is 2.49. The molecule has 62 valence electrons. The summed E-state index contributed by atoms with van der Waals surface area (Å²) in [6.45, 7) is 2.32. The molecule has 3 heteroatoms. The highest BCUT2D eigenvalue weighted by molar-refractivity contribution is 5.85. The Labute approximate surface area is 73.4 Å². The number of halogens is 1. The van der Waals surface area contributed by atoms with E-state index in [-0.39, 0.29) is 12.4 Å². The van der Waals surface area contributed by atoms with Gasteiger partial charge in [-0.05, 0) is 31.2 Å². The minimum atomic E-state index is 0. The van der Waals surface area contributed by atoms with Crippen molar-refractivity contribution < 1.29 is 0 Å². The number of nitrogens with zero attached hydrogens (tertiary/aromatic N) is 1. The first-order chi connectivity index (χ1) is 4.85. The van der Waals surface area contributed by atoms with Gasteiger partial charge in [-0.25, -0.2) is 0 Å². The van der Waals surface area contributed by atoms with E-state index in [9.17, 15) is 0 Å². The van der Waals surface area contributed by atoms with Crippen molar-refractivity contribution in [3.63, 3.8) is 0 Å². The molecule has 1 aliphatic heterocycles. The second kappa shape index (κ2) is 3.00. The van der Waals surface area contributed by atoms with Crippen molar-refractivity contribution in [3.8, 4) is 6.07 Å². The van der Waals surface area contributed by atoms with Crippen LogP contribution in [0.4, 0.5) is 0 Å². The Bertz CT molecular complexity index is 171. The molecule has 1 heterocycles. The Morgan fingerprint density at radius 3 is 2.64 bits per heavy atom. The van der Waals surface area contributed by atoms with E-state index in [0.29, 0.717) is 11.3 Å². The van der Waals surface area contributed by atoms with Crippen LogP contribution in [0, 0.1) is 22.7 Å². The number of nitriles is 1. The summed E-state index contributed by atoms with van der Waals surface area (Å²) in [6, 6.07) is 2.32. The van der Waals surface area contributed by atoms with E-state index >= 15 is 0 Å². The van der Waals surface area contributed by atoms with E-state index in [0.717, 1.165) is 25.9 Å². The standard InChI is InChI=1S/C8H12N2.ClH/c9-5-7-3-8(4-7)1-2-10-6-8;/h7,10H,1-4,6H2;1H. The molecule has 2 nitrogen and oxygen atoms in total. The summed E-state index contributed by atoms with van der Waals surface area (Å²) in [5.74, 6) is 0.375. The summed E-state index contributed by atoms with van der Waals surface area (Å²) in [7, 11) is 0. The van der Waals surface area contributed by atoms with Gasteiger partial charge in [-0.2, -0.15) is 5.26 Å². The molecule has 2 fully saturated rings. The first kappa shape index (κ1) is 8.83. The minimum absolute atomic E-state index is 0. The summed E-state index contributed by atoms with van der Waals surface area (Å²) < 4.78 is 0. The van der Waals surface area contributed by atoms with Crippen LogP contribution in [0.2, 0.25) is 0 Å². The van der Waals surface area contributed by atoms with Crippen LogP contribution in [0.15, 0.2) is 0 Å². The third-order valence-electron chi connectivity index (χ3n) is 2.87. The Morgan fingerprint density at radius 2 is 2.18 bits per heavy atom. The van der Waals surface area contributed by atoms with Crippen molar-refractivity contribution in [1.29, 1.82) is 5.26 Å². The summed E-state index contributed by atoms with van der Waals surface area (Å²) in [5.41, 5.74) is 0.556. The molecule has 0 unspecified atom stereocenters. The number of hydrogen-bond acceptors (Lipinski definition) is 2. The maximum Gasteiger partial charge on any atom is 0.0656 e. The van der Waals surface area contributed by atoms with Crippen LogP contribution in [0.25, 0.3) is 0 Å². The lowest BCUT2D eigenvalue weighted by atomic mass is 9.62. The predicted octanol–water partition coefficient (Wildman–Crippen LogP) is 1.32. The highest BCUT2D eigenvalue weighted by atomic mass is 35.5. The first-order valence-corrected chi connectivity index (χ1v) is 3.95. The van der Waals surface area contributed by atoms with Gasteiger partial charge in [-0.1, -0.05) is 0 Å². The van der Waals surface area contributed by atoms with Crippen LogP contribution in [0.1, 0.15) is 19.3 Å². The van der Waals surface area contributed by atoms with Gasteiger partial charge in [0, 0.05) is 12.5 Å². The third-order valence-corrected chi connectivity index (χ3v) is 2.87. The molecule has 0 bridgehead atoms. The predicted molar refractivity (Wildman–Crippen MR) is 45.5 cm³/mol. The van der Waals surface area contributed by atoms with E-state index in [2.05, 4.69) is 11.4 Å². The molecule has 1 aliphatic carbocycles. The fourth-order valence-corrected chi connectivity index (χ4v) is 2.22. The molecule has 2 aliphatic rings. The number of rotatable bonds is 0. The topological polar surface area (TPSA) is 35.8 Å². The van der Waals surface area contributed by atoms with Crippen molar-refractivity contribution >= 4 is 12.4 Å². The molecule has 0 atom stereocenters. The summed E-state index contributed by atoms with van der Waals surface area (Å²) >= 11 is 0. The Hall–Kier alpha value is -0.260. The molecule has 0 amide bonds. The highest BCUT2D eigenvalue weighted by Gasteiger charge is 2.45. The second-order valence-electron chi connectivity index (χ2n) is 3.66. The smallest absolute Gasteiger partial charge is 0.0656 e. The normalized spacial score (nSPS) is 40.8. The summed E-state index contributed by atoms with van der Waals surface area (Å²) in [4.78, 5) is 0. The van der Waals surface area contributed by atoms with Gasteiger partial charge < -0.3 is 5.32 Å². The molecule has 1 saturated heterocycles. The van der Waals surface area contributed by atoms with E-state index in [1.165, 1.54) is 6.42 Å². The SMILES string of the molecule is Cl.N#CC1CC2(CCNC2)C1. The zero-order valence-electron chi connectivity index (χ0n) is 6.47. The molecular weight excluding hydrogens is 160 g/mol. The monoisotopic (exact) mass is 172 g/mol. The van der Waals surface area contributed by atoms with Crippen LogP contribution in [-0.2, 0) is 0 Å². The van der Waals surface area contributed by atoms with Crippen LogP contribution in [0.5, 0.6) is 0 Å². The van der Waals surface area contributed by atoms with Gasteiger partial charge in [0.15, 0.2) is 0 Å². The van der Waals surface area contributed by atoms with Gasteiger partial charge in [0.05, 0.1) is 6.07 Å². The third kappa shape index (κ3) is 1.36. The van der Waals surface area contributed by atoms with Crippen molar-refractivity contribution in [2.45, 2.75) is 19.3 Å². The molecular formula is C8H13ClN2. The van der Waals surface area contributed by atoms with Gasteiger partial charge in [-0.15, -0.1) is 12.4 Å².